The minimum Gasteiger partial charge on any atom is -0.454 e. The molecule has 2 aliphatic rings. The highest BCUT2D eigenvalue weighted by atomic mass is 19.4. The lowest BCUT2D eigenvalue weighted by molar-refractivity contribution is -0.138. The number of carbonyl (C=O) groups excluding carboxylic acids is 1. The normalized spacial score (nSPS) is 17.5. The maximum atomic E-state index is 13.1. The molecule has 4 rings (SSSR count). The number of carbonyl (C=O) groups is 1. The molecule has 1 fully saturated rings. The summed E-state index contributed by atoms with van der Waals surface area (Å²) in [4.78, 5) is 13.1. The lowest BCUT2D eigenvalue weighted by Gasteiger charge is -2.29. The molecule has 4 nitrogen and oxygen atoms in total. The number of hydrogen-bond donors (Lipinski definition) is 1. The predicted octanol–water partition coefficient (Wildman–Crippen LogP) is 4.56. The quantitative estimate of drug-likeness (QED) is 0.831. The fourth-order valence-corrected chi connectivity index (χ4v) is 4.02. The molecular formula is C21H20F3NO3. The molecule has 0 aromatic heterocycles. The number of halogens is 3. The van der Waals surface area contributed by atoms with Gasteiger partial charge in [0, 0.05) is 6.54 Å². The van der Waals surface area contributed by atoms with Crippen LogP contribution < -0.4 is 14.8 Å². The lowest BCUT2D eigenvalue weighted by atomic mass is 9.77. The van der Waals surface area contributed by atoms with Crippen molar-refractivity contribution in [2.24, 2.45) is 0 Å². The van der Waals surface area contributed by atoms with Crippen LogP contribution in [0.15, 0.2) is 42.5 Å². The second-order valence-corrected chi connectivity index (χ2v) is 7.24. The van der Waals surface area contributed by atoms with Gasteiger partial charge in [0.05, 0.1) is 11.0 Å². The smallest absolute Gasteiger partial charge is 0.416 e. The summed E-state index contributed by atoms with van der Waals surface area (Å²) in [6.45, 7) is 0.444. The number of benzene rings is 2. The summed E-state index contributed by atoms with van der Waals surface area (Å²) in [5.74, 6) is 1.05. The molecule has 2 aromatic rings. The monoisotopic (exact) mass is 391 g/mol. The van der Waals surface area contributed by atoms with Crippen molar-refractivity contribution < 1.29 is 27.4 Å². The van der Waals surface area contributed by atoms with Gasteiger partial charge in [-0.05, 0) is 42.2 Å². The van der Waals surface area contributed by atoms with Crippen molar-refractivity contribution >= 4 is 5.91 Å². The van der Waals surface area contributed by atoms with Crippen LogP contribution in [0.4, 0.5) is 13.2 Å². The van der Waals surface area contributed by atoms with E-state index in [1.165, 1.54) is 6.07 Å². The van der Waals surface area contributed by atoms with Gasteiger partial charge in [0.25, 0.3) is 0 Å². The molecule has 1 aliphatic carbocycles. The first kappa shape index (κ1) is 18.7. The molecule has 1 heterocycles. The van der Waals surface area contributed by atoms with Crippen molar-refractivity contribution in [2.45, 2.75) is 43.8 Å². The third-order valence-electron chi connectivity index (χ3n) is 5.52. The van der Waals surface area contributed by atoms with Gasteiger partial charge in [-0.25, -0.2) is 0 Å². The van der Waals surface area contributed by atoms with Crippen molar-refractivity contribution in [3.8, 4) is 11.5 Å². The predicted molar refractivity (Wildman–Crippen MR) is 96.0 cm³/mol. The number of rotatable bonds is 4. The van der Waals surface area contributed by atoms with E-state index in [-0.39, 0.29) is 19.2 Å². The minimum atomic E-state index is -4.43. The Labute approximate surface area is 160 Å². The second kappa shape index (κ2) is 7.04. The van der Waals surface area contributed by atoms with Gasteiger partial charge in [-0.15, -0.1) is 0 Å². The lowest BCUT2D eigenvalue weighted by Crippen LogP contribution is -2.42. The second-order valence-electron chi connectivity index (χ2n) is 7.24. The molecule has 0 unspecified atom stereocenters. The van der Waals surface area contributed by atoms with Crippen LogP contribution in [0.3, 0.4) is 0 Å². The summed E-state index contributed by atoms with van der Waals surface area (Å²) in [6.07, 6.45) is -1.72. The third kappa shape index (κ3) is 3.41. The standard InChI is InChI=1S/C21H20F3NO3/c22-21(23,24)16-5-3-4-15(11-16)20(8-1-2-9-20)19(26)25-12-14-6-7-17-18(10-14)28-13-27-17/h3-7,10-11H,1-2,8-9,12-13H2,(H,25,26). The largest absolute Gasteiger partial charge is 0.454 e. The van der Waals surface area contributed by atoms with Crippen molar-refractivity contribution in [2.75, 3.05) is 6.79 Å². The van der Waals surface area contributed by atoms with E-state index in [2.05, 4.69) is 5.32 Å². The van der Waals surface area contributed by atoms with Gasteiger partial charge >= 0.3 is 6.18 Å². The SMILES string of the molecule is O=C(NCc1ccc2c(c1)OCO2)C1(c2cccc(C(F)(F)F)c2)CCCC1. The number of amides is 1. The van der Waals surface area contributed by atoms with Crippen LogP contribution in [0.2, 0.25) is 0 Å². The molecule has 0 bridgehead atoms. The highest BCUT2D eigenvalue weighted by molar-refractivity contribution is 5.88. The van der Waals surface area contributed by atoms with Gasteiger partial charge in [0.2, 0.25) is 12.7 Å². The summed E-state index contributed by atoms with van der Waals surface area (Å²) in [5.41, 5.74) is -0.366. The Morgan fingerprint density at radius 3 is 2.54 bits per heavy atom. The Balaban J connectivity index is 1.55. The maximum absolute atomic E-state index is 13.1. The van der Waals surface area contributed by atoms with Gasteiger partial charge < -0.3 is 14.8 Å². The van der Waals surface area contributed by atoms with Crippen molar-refractivity contribution in [3.05, 3.63) is 59.2 Å². The molecule has 2 aromatic carbocycles. The zero-order valence-corrected chi connectivity index (χ0v) is 15.1. The molecule has 1 N–H and O–H groups in total. The summed E-state index contributed by atoms with van der Waals surface area (Å²) in [5, 5.41) is 2.91. The Kier molecular flexibility index (Phi) is 4.69. The van der Waals surface area contributed by atoms with Gasteiger partial charge in [0.1, 0.15) is 0 Å². The first-order valence-electron chi connectivity index (χ1n) is 9.23. The van der Waals surface area contributed by atoms with Crippen LogP contribution in [-0.2, 0) is 22.9 Å². The molecule has 7 heteroatoms. The summed E-state index contributed by atoms with van der Waals surface area (Å²) in [7, 11) is 0. The Hall–Kier alpha value is -2.70. The van der Waals surface area contributed by atoms with Gasteiger partial charge in [-0.2, -0.15) is 13.2 Å². The summed E-state index contributed by atoms with van der Waals surface area (Å²) in [6, 6.07) is 10.6. The Morgan fingerprint density at radius 1 is 1.04 bits per heavy atom. The average Bonchev–Trinajstić information content (AvgIpc) is 3.35. The van der Waals surface area contributed by atoms with Crippen LogP contribution in [-0.4, -0.2) is 12.7 Å². The third-order valence-corrected chi connectivity index (χ3v) is 5.52. The minimum absolute atomic E-state index is 0.170. The van der Waals surface area contributed by atoms with Crippen LogP contribution in [0.1, 0.15) is 42.4 Å². The first-order chi connectivity index (χ1) is 13.4. The highest BCUT2D eigenvalue weighted by Gasteiger charge is 2.43. The molecule has 0 saturated heterocycles. The molecule has 148 valence electrons. The van der Waals surface area contributed by atoms with Crippen molar-refractivity contribution in [1.29, 1.82) is 0 Å². The summed E-state index contributed by atoms with van der Waals surface area (Å²) < 4.78 is 50.0. The van der Waals surface area contributed by atoms with E-state index in [4.69, 9.17) is 9.47 Å². The fourth-order valence-electron chi connectivity index (χ4n) is 4.02. The van der Waals surface area contributed by atoms with E-state index in [0.29, 0.717) is 29.9 Å². The van der Waals surface area contributed by atoms with E-state index in [1.54, 1.807) is 18.2 Å². The van der Waals surface area contributed by atoms with E-state index in [1.807, 2.05) is 6.07 Å². The van der Waals surface area contributed by atoms with E-state index < -0.39 is 17.2 Å². The molecular weight excluding hydrogens is 371 g/mol. The topological polar surface area (TPSA) is 47.6 Å². The van der Waals surface area contributed by atoms with Crippen LogP contribution in [0.25, 0.3) is 0 Å². The van der Waals surface area contributed by atoms with Gasteiger partial charge in [-0.1, -0.05) is 37.1 Å². The van der Waals surface area contributed by atoms with Crippen molar-refractivity contribution in [3.63, 3.8) is 0 Å². The molecule has 0 atom stereocenters. The molecule has 1 aliphatic heterocycles. The maximum Gasteiger partial charge on any atom is 0.416 e. The van der Waals surface area contributed by atoms with E-state index >= 15 is 0 Å². The van der Waals surface area contributed by atoms with Gasteiger partial charge in [-0.3, -0.25) is 4.79 Å². The zero-order valence-electron chi connectivity index (χ0n) is 15.1. The number of alkyl halides is 3. The Morgan fingerprint density at radius 2 is 1.79 bits per heavy atom. The first-order valence-corrected chi connectivity index (χ1v) is 9.23. The number of hydrogen-bond acceptors (Lipinski definition) is 3. The molecule has 0 spiro atoms. The van der Waals surface area contributed by atoms with E-state index in [9.17, 15) is 18.0 Å². The zero-order chi connectivity index (χ0) is 19.8. The highest BCUT2D eigenvalue weighted by Crippen LogP contribution is 2.43. The fraction of sp³-hybridized carbons (Fsp3) is 0.381. The summed E-state index contributed by atoms with van der Waals surface area (Å²) >= 11 is 0. The number of nitrogens with one attached hydrogen (secondary N) is 1. The number of ether oxygens (including phenoxy) is 2. The van der Waals surface area contributed by atoms with Crippen LogP contribution >= 0.6 is 0 Å². The molecule has 28 heavy (non-hydrogen) atoms. The van der Waals surface area contributed by atoms with Gasteiger partial charge in [0.15, 0.2) is 11.5 Å². The molecule has 1 amide bonds. The van der Waals surface area contributed by atoms with Crippen LogP contribution in [0, 0.1) is 0 Å². The molecule has 0 radical (unpaired) electrons. The average molecular weight is 391 g/mol. The Bertz CT molecular complexity index is 889. The van der Waals surface area contributed by atoms with Crippen molar-refractivity contribution in [1.82, 2.24) is 5.32 Å². The number of fused-ring (bicyclic) bond motifs is 1. The van der Waals surface area contributed by atoms with E-state index in [0.717, 1.165) is 30.5 Å². The molecule has 1 saturated carbocycles. The van der Waals surface area contributed by atoms with Crippen LogP contribution in [0.5, 0.6) is 11.5 Å².